The second-order valence-electron chi connectivity index (χ2n) is 6.00. The van der Waals surface area contributed by atoms with Crippen LogP contribution in [0.2, 0.25) is 0 Å². The van der Waals surface area contributed by atoms with Gasteiger partial charge in [-0.25, -0.2) is 0 Å². The van der Waals surface area contributed by atoms with Crippen LogP contribution in [0.5, 0.6) is 5.75 Å². The SMILES string of the molecule is CC.CCCNC(=O)CCCOc1ccc2c(C(F)(F)F)noc2c1CCC. The molecule has 0 saturated heterocycles. The zero-order chi connectivity index (χ0) is 21.2. The number of aryl methyl sites for hydroxylation is 1. The molecule has 8 heteroatoms. The summed E-state index contributed by atoms with van der Waals surface area (Å²) in [6.45, 7) is 8.83. The standard InChI is InChI=1S/C18H23F3N2O3.C2H6/c1-3-6-12-14(25-11-5-7-15(24)22-10-4-2)9-8-13-16(12)26-23-17(13)18(19,20)21;1-2/h8-9H,3-7,10-11H2,1-2H3,(H,22,24);1-2H3. The van der Waals surface area contributed by atoms with Gasteiger partial charge in [-0.2, -0.15) is 13.2 Å². The van der Waals surface area contributed by atoms with Gasteiger partial charge in [0.2, 0.25) is 5.91 Å². The number of halogens is 3. The molecular weight excluding hydrogens is 373 g/mol. The van der Waals surface area contributed by atoms with Crippen molar-refractivity contribution >= 4 is 16.9 Å². The van der Waals surface area contributed by atoms with Crippen LogP contribution < -0.4 is 10.1 Å². The van der Waals surface area contributed by atoms with Crippen LogP contribution in [0.25, 0.3) is 11.0 Å². The van der Waals surface area contributed by atoms with Gasteiger partial charge in [-0.05, 0) is 31.4 Å². The number of ether oxygens (including phenoxy) is 1. The van der Waals surface area contributed by atoms with Crippen molar-refractivity contribution in [2.75, 3.05) is 13.2 Å². The smallest absolute Gasteiger partial charge is 0.437 e. The Morgan fingerprint density at radius 1 is 1.21 bits per heavy atom. The molecule has 1 N–H and O–H groups in total. The molecule has 2 aromatic rings. The van der Waals surface area contributed by atoms with E-state index in [0.717, 1.165) is 12.8 Å². The van der Waals surface area contributed by atoms with Crippen LogP contribution in [-0.2, 0) is 17.4 Å². The fourth-order valence-electron chi connectivity index (χ4n) is 2.64. The molecule has 0 fully saturated rings. The van der Waals surface area contributed by atoms with Crippen LogP contribution in [-0.4, -0.2) is 24.2 Å². The number of benzene rings is 1. The molecule has 2 rings (SSSR count). The Balaban J connectivity index is 0.00000190. The van der Waals surface area contributed by atoms with Gasteiger partial charge in [0.1, 0.15) is 5.75 Å². The maximum absolute atomic E-state index is 13.0. The summed E-state index contributed by atoms with van der Waals surface area (Å²) in [5, 5.41) is 5.91. The van der Waals surface area contributed by atoms with Crippen molar-refractivity contribution in [1.29, 1.82) is 0 Å². The third kappa shape index (κ3) is 6.42. The summed E-state index contributed by atoms with van der Waals surface area (Å²) in [7, 11) is 0. The van der Waals surface area contributed by atoms with E-state index in [9.17, 15) is 18.0 Å². The molecule has 1 amide bonds. The topological polar surface area (TPSA) is 64.4 Å². The lowest BCUT2D eigenvalue weighted by atomic mass is 10.0. The van der Waals surface area contributed by atoms with Gasteiger partial charge in [-0.3, -0.25) is 4.79 Å². The van der Waals surface area contributed by atoms with E-state index in [1.54, 1.807) is 0 Å². The maximum Gasteiger partial charge on any atom is 0.437 e. The quantitative estimate of drug-likeness (QED) is 0.562. The number of carbonyl (C=O) groups is 1. The van der Waals surface area contributed by atoms with Crippen molar-refractivity contribution in [3.8, 4) is 5.75 Å². The number of amides is 1. The molecule has 28 heavy (non-hydrogen) atoms. The monoisotopic (exact) mass is 402 g/mol. The first-order valence-electron chi connectivity index (χ1n) is 9.76. The number of aromatic nitrogens is 1. The van der Waals surface area contributed by atoms with E-state index in [1.807, 2.05) is 27.7 Å². The molecule has 0 aliphatic heterocycles. The summed E-state index contributed by atoms with van der Waals surface area (Å²) in [5.41, 5.74) is -0.343. The summed E-state index contributed by atoms with van der Waals surface area (Å²) < 4.78 is 49.6. The lowest BCUT2D eigenvalue weighted by Gasteiger charge is -2.11. The largest absolute Gasteiger partial charge is 0.493 e. The van der Waals surface area contributed by atoms with E-state index in [2.05, 4.69) is 10.5 Å². The van der Waals surface area contributed by atoms with Crippen molar-refractivity contribution in [1.82, 2.24) is 10.5 Å². The lowest BCUT2D eigenvalue weighted by Crippen LogP contribution is -2.24. The Bertz CT molecular complexity index is 742. The fourth-order valence-corrected chi connectivity index (χ4v) is 2.64. The zero-order valence-corrected chi connectivity index (χ0v) is 16.9. The summed E-state index contributed by atoms with van der Waals surface area (Å²) in [6, 6.07) is 2.83. The second-order valence-corrected chi connectivity index (χ2v) is 6.00. The molecule has 5 nitrogen and oxygen atoms in total. The summed E-state index contributed by atoms with van der Waals surface area (Å²) in [6.07, 6.45) is -1.61. The first kappa shape index (κ1) is 23.8. The third-order valence-electron chi connectivity index (χ3n) is 3.85. The molecule has 0 radical (unpaired) electrons. The van der Waals surface area contributed by atoms with Gasteiger partial charge in [0.25, 0.3) is 0 Å². The van der Waals surface area contributed by atoms with E-state index in [-0.39, 0.29) is 16.9 Å². The molecule has 0 spiro atoms. The third-order valence-corrected chi connectivity index (χ3v) is 3.85. The summed E-state index contributed by atoms with van der Waals surface area (Å²) >= 11 is 0. The summed E-state index contributed by atoms with van der Waals surface area (Å²) in [4.78, 5) is 11.6. The summed E-state index contributed by atoms with van der Waals surface area (Å²) in [5.74, 6) is 0.433. The number of nitrogens with one attached hydrogen (secondary N) is 1. The molecule has 0 aliphatic rings. The van der Waals surface area contributed by atoms with Gasteiger partial charge in [0.05, 0.1) is 12.0 Å². The van der Waals surface area contributed by atoms with E-state index in [4.69, 9.17) is 9.26 Å². The highest BCUT2D eigenvalue weighted by atomic mass is 19.4. The van der Waals surface area contributed by atoms with Gasteiger partial charge in [-0.1, -0.05) is 39.3 Å². The van der Waals surface area contributed by atoms with E-state index in [1.165, 1.54) is 12.1 Å². The maximum atomic E-state index is 13.0. The van der Waals surface area contributed by atoms with Crippen LogP contribution in [0.15, 0.2) is 16.7 Å². The van der Waals surface area contributed by atoms with E-state index < -0.39 is 11.9 Å². The number of carbonyl (C=O) groups excluding carboxylic acids is 1. The van der Waals surface area contributed by atoms with Gasteiger partial charge >= 0.3 is 6.18 Å². The van der Waals surface area contributed by atoms with Crippen molar-refractivity contribution in [2.45, 2.75) is 66.0 Å². The Kier molecular flexibility index (Phi) is 9.82. The van der Waals surface area contributed by atoms with E-state index >= 15 is 0 Å². The van der Waals surface area contributed by atoms with Crippen molar-refractivity contribution in [3.63, 3.8) is 0 Å². The van der Waals surface area contributed by atoms with Crippen molar-refractivity contribution in [2.24, 2.45) is 0 Å². The van der Waals surface area contributed by atoms with Gasteiger partial charge in [0.15, 0.2) is 11.3 Å². The molecule has 158 valence electrons. The van der Waals surface area contributed by atoms with Gasteiger partial charge in [0, 0.05) is 18.5 Å². The van der Waals surface area contributed by atoms with Crippen LogP contribution in [0.1, 0.15) is 64.6 Å². The minimum Gasteiger partial charge on any atom is -0.493 e. The van der Waals surface area contributed by atoms with Crippen LogP contribution in [0, 0.1) is 0 Å². The van der Waals surface area contributed by atoms with Gasteiger partial charge < -0.3 is 14.6 Å². The van der Waals surface area contributed by atoms with Gasteiger partial charge in [-0.15, -0.1) is 0 Å². The molecule has 0 saturated carbocycles. The Hall–Kier alpha value is -2.25. The molecule has 1 aromatic carbocycles. The Morgan fingerprint density at radius 3 is 2.54 bits per heavy atom. The lowest BCUT2D eigenvalue weighted by molar-refractivity contribution is -0.141. The minimum atomic E-state index is -4.57. The fraction of sp³-hybridized carbons (Fsp3) is 0.600. The first-order chi connectivity index (χ1) is 13.4. The Morgan fingerprint density at radius 2 is 1.93 bits per heavy atom. The number of hydrogen-bond acceptors (Lipinski definition) is 4. The highest BCUT2D eigenvalue weighted by Gasteiger charge is 2.37. The molecule has 0 bridgehead atoms. The van der Waals surface area contributed by atoms with Crippen LogP contribution in [0.4, 0.5) is 13.2 Å². The second kappa shape index (κ2) is 11.6. The molecule has 1 heterocycles. The van der Waals surface area contributed by atoms with Crippen molar-refractivity contribution < 1.29 is 27.2 Å². The highest BCUT2D eigenvalue weighted by molar-refractivity contribution is 5.85. The number of rotatable bonds is 9. The highest BCUT2D eigenvalue weighted by Crippen LogP contribution is 2.38. The van der Waals surface area contributed by atoms with Crippen molar-refractivity contribution in [3.05, 3.63) is 23.4 Å². The first-order valence-corrected chi connectivity index (χ1v) is 9.76. The molecule has 0 atom stereocenters. The number of nitrogens with zero attached hydrogens (tertiary/aromatic N) is 1. The average molecular weight is 402 g/mol. The van der Waals surface area contributed by atoms with Crippen LogP contribution in [0.3, 0.4) is 0 Å². The minimum absolute atomic E-state index is 0.0373. The predicted octanol–water partition coefficient (Wildman–Crippen LogP) is 5.51. The van der Waals surface area contributed by atoms with Crippen LogP contribution >= 0.6 is 0 Å². The molecule has 1 aromatic heterocycles. The Labute approximate surface area is 163 Å². The van der Waals surface area contributed by atoms with E-state index in [0.29, 0.717) is 43.7 Å². The number of hydrogen-bond donors (Lipinski definition) is 1. The normalized spacial score (nSPS) is 11.1. The predicted molar refractivity (Wildman–Crippen MR) is 102 cm³/mol. The molecule has 0 aliphatic carbocycles. The average Bonchev–Trinajstić information content (AvgIpc) is 3.11. The number of alkyl halides is 3. The zero-order valence-electron chi connectivity index (χ0n) is 16.9. The molecular formula is C20H29F3N2O3. The number of fused-ring (bicyclic) bond motifs is 1. The molecule has 0 unspecified atom stereocenters.